The van der Waals surface area contributed by atoms with Gasteiger partial charge in [-0.1, -0.05) is 6.92 Å². The first-order chi connectivity index (χ1) is 7.58. The van der Waals surface area contributed by atoms with Crippen LogP contribution >= 0.6 is 0 Å². The fraction of sp³-hybridized carbons (Fsp3) is 1.00. The second kappa shape index (κ2) is 5.03. The number of nitrogens with one attached hydrogen (secondary N) is 1. The van der Waals surface area contributed by atoms with E-state index in [9.17, 15) is 0 Å². The van der Waals surface area contributed by atoms with Gasteiger partial charge in [-0.15, -0.1) is 0 Å². The van der Waals surface area contributed by atoms with Crippen LogP contribution in [0.3, 0.4) is 0 Å². The van der Waals surface area contributed by atoms with E-state index >= 15 is 0 Å². The van der Waals surface area contributed by atoms with Crippen molar-refractivity contribution < 1.29 is 0 Å². The molecule has 1 N–H and O–H groups in total. The largest absolute Gasteiger partial charge is 0.316 e. The fourth-order valence-electron chi connectivity index (χ4n) is 3.10. The van der Waals surface area contributed by atoms with Crippen molar-refractivity contribution in [3.8, 4) is 0 Å². The van der Waals surface area contributed by atoms with Crippen molar-refractivity contribution in [1.82, 2.24) is 15.1 Å². The molecule has 2 heterocycles. The van der Waals surface area contributed by atoms with Crippen LogP contribution < -0.4 is 5.32 Å². The Kier molecular flexibility index (Phi) is 3.88. The van der Waals surface area contributed by atoms with Crippen molar-refractivity contribution in [2.75, 3.05) is 39.8 Å². The summed E-state index contributed by atoms with van der Waals surface area (Å²) >= 11 is 0. The fourth-order valence-corrected chi connectivity index (χ4v) is 3.10. The van der Waals surface area contributed by atoms with E-state index in [4.69, 9.17) is 0 Å². The average molecular weight is 225 g/mol. The third-order valence-corrected chi connectivity index (χ3v) is 4.61. The number of rotatable bonds is 2. The minimum Gasteiger partial charge on any atom is -0.316 e. The Morgan fingerprint density at radius 2 is 1.69 bits per heavy atom. The lowest BCUT2D eigenvalue weighted by atomic mass is 9.96. The summed E-state index contributed by atoms with van der Waals surface area (Å²) < 4.78 is 0. The van der Waals surface area contributed by atoms with Gasteiger partial charge in [0.1, 0.15) is 0 Å². The highest BCUT2D eigenvalue weighted by atomic mass is 15.3. The molecule has 0 bridgehead atoms. The maximum atomic E-state index is 3.51. The maximum Gasteiger partial charge on any atom is 0.0195 e. The van der Waals surface area contributed by atoms with Crippen LogP contribution in [-0.4, -0.2) is 61.7 Å². The molecule has 2 fully saturated rings. The zero-order chi connectivity index (χ0) is 11.7. The standard InChI is InChI=1S/C13H27N3/c1-10-5-14-6-13(10)9-16-7-11(2)15(4)12(3)8-16/h10-14H,5-9H2,1-4H3/t10-,11?,12?,13+/m1/s1. The number of likely N-dealkylation sites (N-methyl/N-ethyl adjacent to an activating group) is 1. The Labute approximate surface area is 100 Å². The normalized spacial score (nSPS) is 42.8. The third-order valence-electron chi connectivity index (χ3n) is 4.61. The first-order valence-electron chi connectivity index (χ1n) is 6.73. The molecule has 3 nitrogen and oxygen atoms in total. The summed E-state index contributed by atoms with van der Waals surface area (Å²) in [6.07, 6.45) is 0. The van der Waals surface area contributed by atoms with Crippen LogP contribution in [0.25, 0.3) is 0 Å². The monoisotopic (exact) mass is 225 g/mol. The molecule has 3 heteroatoms. The first kappa shape index (κ1) is 12.3. The van der Waals surface area contributed by atoms with Gasteiger partial charge in [0.2, 0.25) is 0 Å². The molecule has 0 saturated carbocycles. The molecule has 2 unspecified atom stereocenters. The van der Waals surface area contributed by atoms with E-state index in [1.165, 1.54) is 32.7 Å². The molecule has 0 aromatic carbocycles. The minimum absolute atomic E-state index is 0.702. The van der Waals surface area contributed by atoms with Crippen LogP contribution in [0, 0.1) is 11.8 Å². The molecule has 0 radical (unpaired) electrons. The Hall–Kier alpha value is -0.120. The van der Waals surface area contributed by atoms with Gasteiger partial charge in [-0.05, 0) is 45.8 Å². The molecule has 0 spiro atoms. The van der Waals surface area contributed by atoms with Crippen molar-refractivity contribution in [2.45, 2.75) is 32.9 Å². The summed E-state index contributed by atoms with van der Waals surface area (Å²) in [5.74, 6) is 1.72. The van der Waals surface area contributed by atoms with Crippen molar-refractivity contribution >= 4 is 0 Å². The maximum absolute atomic E-state index is 3.51. The molecular weight excluding hydrogens is 198 g/mol. The molecule has 2 rings (SSSR count). The zero-order valence-electron chi connectivity index (χ0n) is 11.2. The van der Waals surface area contributed by atoms with Crippen LogP contribution in [0.5, 0.6) is 0 Å². The van der Waals surface area contributed by atoms with E-state index < -0.39 is 0 Å². The second-order valence-corrected chi connectivity index (χ2v) is 5.98. The highest BCUT2D eigenvalue weighted by molar-refractivity contribution is 4.87. The van der Waals surface area contributed by atoms with E-state index in [1.807, 2.05) is 0 Å². The average Bonchev–Trinajstić information content (AvgIpc) is 2.61. The molecule has 4 atom stereocenters. The van der Waals surface area contributed by atoms with Crippen molar-refractivity contribution in [2.24, 2.45) is 11.8 Å². The van der Waals surface area contributed by atoms with Crippen LogP contribution in [0.15, 0.2) is 0 Å². The van der Waals surface area contributed by atoms with Crippen LogP contribution in [-0.2, 0) is 0 Å². The molecule has 2 saturated heterocycles. The van der Waals surface area contributed by atoms with Gasteiger partial charge in [-0.3, -0.25) is 9.80 Å². The lowest BCUT2D eigenvalue weighted by Gasteiger charge is -2.43. The van der Waals surface area contributed by atoms with Crippen LogP contribution in [0.1, 0.15) is 20.8 Å². The van der Waals surface area contributed by atoms with Crippen LogP contribution in [0.2, 0.25) is 0 Å². The van der Waals surface area contributed by atoms with Gasteiger partial charge in [0.05, 0.1) is 0 Å². The first-order valence-corrected chi connectivity index (χ1v) is 6.73. The van der Waals surface area contributed by atoms with Gasteiger partial charge in [0, 0.05) is 31.7 Å². The van der Waals surface area contributed by atoms with E-state index in [0.29, 0.717) is 12.1 Å². The van der Waals surface area contributed by atoms with E-state index in [0.717, 1.165) is 11.8 Å². The molecular formula is C13H27N3. The van der Waals surface area contributed by atoms with Gasteiger partial charge >= 0.3 is 0 Å². The molecule has 0 aromatic rings. The predicted octanol–water partition coefficient (Wildman–Crippen LogP) is 0.866. The molecule has 0 aromatic heterocycles. The van der Waals surface area contributed by atoms with Crippen molar-refractivity contribution in [1.29, 1.82) is 0 Å². The summed E-state index contributed by atoms with van der Waals surface area (Å²) in [6, 6.07) is 1.40. The highest BCUT2D eigenvalue weighted by Gasteiger charge is 2.30. The van der Waals surface area contributed by atoms with Crippen molar-refractivity contribution in [3.63, 3.8) is 0 Å². The molecule has 0 amide bonds. The Bertz CT molecular complexity index is 219. The predicted molar refractivity (Wildman–Crippen MR) is 68.7 cm³/mol. The van der Waals surface area contributed by atoms with Gasteiger partial charge in [0.15, 0.2) is 0 Å². The highest BCUT2D eigenvalue weighted by Crippen LogP contribution is 2.20. The van der Waals surface area contributed by atoms with Gasteiger partial charge < -0.3 is 5.32 Å². The number of piperazine rings is 1. The molecule has 2 aliphatic rings. The van der Waals surface area contributed by atoms with E-state index in [1.54, 1.807) is 0 Å². The molecule has 16 heavy (non-hydrogen) atoms. The van der Waals surface area contributed by atoms with Gasteiger partial charge in [-0.25, -0.2) is 0 Å². The van der Waals surface area contributed by atoms with E-state index in [-0.39, 0.29) is 0 Å². The summed E-state index contributed by atoms with van der Waals surface area (Å²) in [5.41, 5.74) is 0. The van der Waals surface area contributed by atoms with E-state index in [2.05, 4.69) is 42.9 Å². The molecule has 2 aliphatic heterocycles. The lowest BCUT2D eigenvalue weighted by Crippen LogP contribution is -2.55. The van der Waals surface area contributed by atoms with Gasteiger partial charge in [0.25, 0.3) is 0 Å². The summed E-state index contributed by atoms with van der Waals surface area (Å²) in [4.78, 5) is 5.18. The summed E-state index contributed by atoms with van der Waals surface area (Å²) in [6.45, 7) is 13.3. The number of nitrogens with zero attached hydrogens (tertiary/aromatic N) is 2. The molecule has 94 valence electrons. The quantitative estimate of drug-likeness (QED) is 0.752. The van der Waals surface area contributed by atoms with Crippen molar-refractivity contribution in [3.05, 3.63) is 0 Å². The topological polar surface area (TPSA) is 18.5 Å². The zero-order valence-corrected chi connectivity index (χ0v) is 11.2. The summed E-state index contributed by atoms with van der Waals surface area (Å²) in [7, 11) is 2.26. The van der Waals surface area contributed by atoms with Gasteiger partial charge in [-0.2, -0.15) is 0 Å². The number of hydrogen-bond acceptors (Lipinski definition) is 3. The third kappa shape index (κ3) is 2.58. The lowest BCUT2D eigenvalue weighted by molar-refractivity contribution is 0.0490. The Morgan fingerprint density at radius 3 is 2.19 bits per heavy atom. The smallest absolute Gasteiger partial charge is 0.0195 e. The number of hydrogen-bond donors (Lipinski definition) is 1. The second-order valence-electron chi connectivity index (χ2n) is 5.98. The Morgan fingerprint density at radius 1 is 1.06 bits per heavy atom. The Balaban J connectivity index is 1.86. The summed E-state index contributed by atoms with van der Waals surface area (Å²) in [5, 5.41) is 3.51. The molecule has 0 aliphatic carbocycles. The minimum atomic E-state index is 0.702. The SMILES string of the molecule is CC1CN(C[C@@H]2CNC[C@H]2C)CC(C)N1C. The van der Waals surface area contributed by atoms with Crippen LogP contribution in [0.4, 0.5) is 0 Å².